The Kier molecular flexibility index (Phi) is 5.11. The van der Waals surface area contributed by atoms with E-state index in [-0.39, 0.29) is 5.91 Å². The third-order valence-electron chi connectivity index (χ3n) is 2.83. The number of nitrogens with two attached hydrogens (primary N) is 1. The molecule has 1 atom stereocenters. The maximum atomic E-state index is 11.8. The van der Waals surface area contributed by atoms with Crippen LogP contribution in [0.1, 0.15) is 23.8 Å². The standard InChI is InChI=1S/C13H18N4OS/c14-12(11-4-3-9-19-11)13(18)16-5-1-2-7-17-8-6-15-10-17/h3-4,6,8-10,12H,1-2,5,7,14H2,(H,16,18). The summed E-state index contributed by atoms with van der Waals surface area (Å²) in [5.41, 5.74) is 5.86. The Bertz CT molecular complexity index is 481. The fraction of sp³-hybridized carbons (Fsp3) is 0.385. The van der Waals surface area contributed by atoms with E-state index in [9.17, 15) is 4.79 Å². The molecule has 2 heterocycles. The highest BCUT2D eigenvalue weighted by molar-refractivity contribution is 7.10. The van der Waals surface area contributed by atoms with Crippen LogP contribution in [0, 0.1) is 0 Å². The van der Waals surface area contributed by atoms with Gasteiger partial charge in [-0.05, 0) is 24.3 Å². The molecule has 0 aliphatic rings. The monoisotopic (exact) mass is 278 g/mol. The van der Waals surface area contributed by atoms with E-state index in [4.69, 9.17) is 5.73 Å². The zero-order valence-electron chi connectivity index (χ0n) is 10.7. The summed E-state index contributed by atoms with van der Waals surface area (Å²) in [5.74, 6) is -0.106. The van der Waals surface area contributed by atoms with Crippen molar-refractivity contribution in [3.8, 4) is 0 Å². The molecule has 0 aliphatic carbocycles. The minimum Gasteiger partial charge on any atom is -0.354 e. The highest BCUT2D eigenvalue weighted by atomic mass is 32.1. The van der Waals surface area contributed by atoms with Crippen LogP contribution in [0.3, 0.4) is 0 Å². The van der Waals surface area contributed by atoms with Gasteiger partial charge in [0.15, 0.2) is 0 Å². The van der Waals surface area contributed by atoms with E-state index in [1.165, 1.54) is 11.3 Å². The van der Waals surface area contributed by atoms with Gasteiger partial charge in [0, 0.05) is 30.4 Å². The molecule has 6 heteroatoms. The van der Waals surface area contributed by atoms with Crippen molar-refractivity contribution in [1.29, 1.82) is 0 Å². The van der Waals surface area contributed by atoms with Crippen molar-refractivity contribution in [2.75, 3.05) is 6.54 Å². The first-order valence-electron chi connectivity index (χ1n) is 6.30. The highest BCUT2D eigenvalue weighted by Crippen LogP contribution is 2.16. The molecular weight excluding hydrogens is 260 g/mol. The molecule has 0 spiro atoms. The van der Waals surface area contributed by atoms with Crippen LogP contribution in [-0.2, 0) is 11.3 Å². The third kappa shape index (κ3) is 4.18. The fourth-order valence-electron chi connectivity index (χ4n) is 1.76. The number of carbonyl (C=O) groups excluding carboxylic acids is 1. The molecule has 0 aromatic carbocycles. The molecule has 19 heavy (non-hydrogen) atoms. The second-order valence-electron chi connectivity index (χ2n) is 4.29. The smallest absolute Gasteiger partial charge is 0.242 e. The molecule has 2 aromatic heterocycles. The summed E-state index contributed by atoms with van der Waals surface area (Å²) >= 11 is 1.51. The van der Waals surface area contributed by atoms with E-state index in [1.807, 2.05) is 28.3 Å². The molecular formula is C13H18N4OS. The quantitative estimate of drug-likeness (QED) is 0.755. The zero-order chi connectivity index (χ0) is 13.5. The second-order valence-corrected chi connectivity index (χ2v) is 5.27. The second kappa shape index (κ2) is 7.06. The van der Waals surface area contributed by atoms with Gasteiger partial charge in [0.05, 0.1) is 6.33 Å². The van der Waals surface area contributed by atoms with Gasteiger partial charge in [0.25, 0.3) is 0 Å². The van der Waals surface area contributed by atoms with E-state index < -0.39 is 6.04 Å². The number of carbonyl (C=O) groups is 1. The van der Waals surface area contributed by atoms with Gasteiger partial charge in [-0.2, -0.15) is 0 Å². The first kappa shape index (κ1) is 13.8. The predicted molar refractivity (Wildman–Crippen MR) is 75.7 cm³/mol. The average Bonchev–Trinajstić information content (AvgIpc) is 3.10. The van der Waals surface area contributed by atoms with E-state index in [0.717, 1.165) is 24.3 Å². The van der Waals surface area contributed by atoms with Crippen molar-refractivity contribution in [3.05, 3.63) is 41.1 Å². The maximum absolute atomic E-state index is 11.8. The summed E-state index contributed by atoms with van der Waals surface area (Å²) in [5, 5.41) is 4.79. The Morgan fingerprint density at radius 1 is 1.53 bits per heavy atom. The average molecular weight is 278 g/mol. The number of thiophene rings is 1. The van der Waals surface area contributed by atoms with Crippen molar-refractivity contribution >= 4 is 17.2 Å². The number of aryl methyl sites for hydroxylation is 1. The van der Waals surface area contributed by atoms with Crippen molar-refractivity contribution in [2.45, 2.75) is 25.4 Å². The van der Waals surface area contributed by atoms with Crippen LogP contribution in [0.4, 0.5) is 0 Å². The van der Waals surface area contributed by atoms with Crippen molar-refractivity contribution in [3.63, 3.8) is 0 Å². The summed E-state index contributed by atoms with van der Waals surface area (Å²) in [6, 6.07) is 3.24. The first-order chi connectivity index (χ1) is 9.27. The van der Waals surface area contributed by atoms with Gasteiger partial charge >= 0.3 is 0 Å². The minimum atomic E-state index is -0.548. The summed E-state index contributed by atoms with van der Waals surface area (Å²) in [6.07, 6.45) is 7.43. The lowest BCUT2D eigenvalue weighted by Crippen LogP contribution is -2.34. The number of amides is 1. The highest BCUT2D eigenvalue weighted by Gasteiger charge is 2.15. The number of hydrogen-bond donors (Lipinski definition) is 2. The molecule has 5 nitrogen and oxygen atoms in total. The van der Waals surface area contributed by atoms with Gasteiger partial charge in [0.1, 0.15) is 6.04 Å². The van der Waals surface area contributed by atoms with E-state index in [0.29, 0.717) is 6.54 Å². The SMILES string of the molecule is NC(C(=O)NCCCCn1ccnc1)c1cccs1. The number of nitrogens with one attached hydrogen (secondary N) is 1. The Morgan fingerprint density at radius 2 is 2.42 bits per heavy atom. The van der Waals surface area contributed by atoms with E-state index in [2.05, 4.69) is 10.3 Å². The molecule has 3 N–H and O–H groups in total. The van der Waals surface area contributed by atoms with E-state index in [1.54, 1.807) is 12.5 Å². The molecule has 0 saturated heterocycles. The first-order valence-corrected chi connectivity index (χ1v) is 7.18. The predicted octanol–water partition coefficient (Wildman–Crippen LogP) is 1.54. The van der Waals surface area contributed by atoms with Crippen LogP contribution in [0.2, 0.25) is 0 Å². The van der Waals surface area contributed by atoms with Crippen LogP contribution in [-0.4, -0.2) is 22.0 Å². The molecule has 102 valence electrons. The number of imidazole rings is 1. The molecule has 2 aromatic rings. The van der Waals surface area contributed by atoms with Gasteiger partial charge in [-0.25, -0.2) is 4.98 Å². The molecule has 0 bridgehead atoms. The number of hydrogen-bond acceptors (Lipinski definition) is 4. The lowest BCUT2D eigenvalue weighted by Gasteiger charge is -2.10. The molecule has 0 aliphatic heterocycles. The molecule has 0 radical (unpaired) electrons. The zero-order valence-corrected chi connectivity index (χ0v) is 11.5. The lowest BCUT2D eigenvalue weighted by molar-refractivity contribution is -0.122. The molecule has 1 amide bonds. The maximum Gasteiger partial charge on any atom is 0.242 e. The van der Waals surface area contributed by atoms with Crippen LogP contribution in [0.5, 0.6) is 0 Å². The van der Waals surface area contributed by atoms with E-state index >= 15 is 0 Å². The van der Waals surface area contributed by atoms with Crippen LogP contribution in [0.15, 0.2) is 36.2 Å². The Labute approximate surface area is 116 Å². The summed E-state index contributed by atoms with van der Waals surface area (Å²) < 4.78 is 2.03. The normalized spacial score (nSPS) is 12.3. The topological polar surface area (TPSA) is 72.9 Å². The van der Waals surface area contributed by atoms with Gasteiger partial charge in [-0.3, -0.25) is 4.79 Å². The molecule has 1 unspecified atom stereocenters. The Morgan fingerprint density at radius 3 is 3.11 bits per heavy atom. The third-order valence-corrected chi connectivity index (χ3v) is 3.79. The van der Waals surface area contributed by atoms with Crippen LogP contribution >= 0.6 is 11.3 Å². The van der Waals surface area contributed by atoms with Crippen molar-refractivity contribution < 1.29 is 4.79 Å². The number of rotatable bonds is 7. The molecule has 0 saturated carbocycles. The summed E-state index contributed by atoms with van der Waals surface area (Å²) in [7, 11) is 0. The number of aromatic nitrogens is 2. The summed E-state index contributed by atoms with van der Waals surface area (Å²) in [4.78, 5) is 16.7. The van der Waals surface area contributed by atoms with Gasteiger partial charge in [0.2, 0.25) is 5.91 Å². The van der Waals surface area contributed by atoms with Gasteiger partial charge < -0.3 is 15.6 Å². The van der Waals surface area contributed by atoms with Crippen molar-refractivity contribution in [2.24, 2.45) is 5.73 Å². The molecule has 2 rings (SSSR count). The minimum absolute atomic E-state index is 0.106. The summed E-state index contributed by atoms with van der Waals surface area (Å²) in [6.45, 7) is 1.58. The van der Waals surface area contributed by atoms with Crippen LogP contribution < -0.4 is 11.1 Å². The van der Waals surface area contributed by atoms with Gasteiger partial charge in [-0.1, -0.05) is 6.07 Å². The Balaban J connectivity index is 1.61. The number of unbranched alkanes of at least 4 members (excludes halogenated alkanes) is 1. The molecule has 0 fully saturated rings. The van der Waals surface area contributed by atoms with Crippen molar-refractivity contribution in [1.82, 2.24) is 14.9 Å². The fourth-order valence-corrected chi connectivity index (χ4v) is 2.48. The number of nitrogens with zero attached hydrogens (tertiary/aromatic N) is 2. The largest absolute Gasteiger partial charge is 0.354 e. The van der Waals surface area contributed by atoms with Gasteiger partial charge in [-0.15, -0.1) is 11.3 Å². The Hall–Kier alpha value is -1.66. The van der Waals surface area contributed by atoms with Crippen LogP contribution in [0.25, 0.3) is 0 Å². The lowest BCUT2D eigenvalue weighted by atomic mass is 10.2.